The van der Waals surface area contributed by atoms with Gasteiger partial charge in [-0.25, -0.2) is 14.4 Å². The topological polar surface area (TPSA) is 86.7 Å². The van der Waals surface area contributed by atoms with Crippen LogP contribution in [0.5, 0.6) is 0 Å². The van der Waals surface area contributed by atoms with Gasteiger partial charge in [0.05, 0.1) is 6.42 Å². The van der Waals surface area contributed by atoms with Gasteiger partial charge in [0.2, 0.25) is 0 Å². The zero-order chi connectivity index (χ0) is 14.0. The molecule has 0 aromatic rings. The maximum absolute atomic E-state index is 11.0. The van der Waals surface area contributed by atoms with Gasteiger partial charge in [-0.2, -0.15) is 0 Å². The van der Waals surface area contributed by atoms with Gasteiger partial charge in [-0.1, -0.05) is 12.2 Å². The molecule has 0 atom stereocenters. The zero-order valence-corrected chi connectivity index (χ0v) is 9.75. The van der Waals surface area contributed by atoms with Gasteiger partial charge in [0.1, 0.15) is 0 Å². The van der Waals surface area contributed by atoms with Crippen LogP contribution >= 0.6 is 0 Å². The molecule has 0 aromatic carbocycles. The number of carbonyl (C=O) groups is 4. The van der Waals surface area contributed by atoms with Gasteiger partial charge in [0.25, 0.3) is 0 Å². The van der Waals surface area contributed by atoms with E-state index in [0.717, 1.165) is 6.08 Å². The molecule has 96 valence electrons. The second-order valence-electron chi connectivity index (χ2n) is 2.86. The molecule has 0 aliphatic carbocycles. The molecule has 0 fully saturated rings. The van der Waals surface area contributed by atoms with E-state index in [-0.39, 0.29) is 6.42 Å². The van der Waals surface area contributed by atoms with Gasteiger partial charge >= 0.3 is 23.9 Å². The fourth-order valence-corrected chi connectivity index (χ4v) is 0.745. The van der Waals surface area contributed by atoms with Crippen molar-refractivity contribution in [1.29, 1.82) is 0 Å². The van der Waals surface area contributed by atoms with E-state index >= 15 is 0 Å². The van der Waals surface area contributed by atoms with Crippen LogP contribution in [0.2, 0.25) is 0 Å². The van der Waals surface area contributed by atoms with Crippen LogP contribution in [0.4, 0.5) is 0 Å². The second-order valence-corrected chi connectivity index (χ2v) is 2.86. The molecule has 0 aliphatic rings. The first-order valence-corrected chi connectivity index (χ1v) is 4.91. The number of hydrogen-bond acceptors (Lipinski definition) is 6. The summed E-state index contributed by atoms with van der Waals surface area (Å²) in [6.07, 6.45) is 4.95. The van der Waals surface area contributed by atoms with Crippen molar-refractivity contribution in [2.24, 2.45) is 0 Å². The third-order valence-corrected chi connectivity index (χ3v) is 1.38. The Morgan fingerprint density at radius 1 is 0.944 bits per heavy atom. The Morgan fingerprint density at radius 3 is 1.94 bits per heavy atom. The molecule has 0 bridgehead atoms. The molecule has 0 saturated carbocycles. The number of ether oxygens (including phenoxy) is 2. The Kier molecular flexibility index (Phi) is 7.43. The normalized spacial score (nSPS) is 10.3. The SMILES string of the molecule is C=CCC(=O)OC(=O)C=CC(=O)OC(=O)C=CC. The van der Waals surface area contributed by atoms with Crippen LogP contribution in [0, 0.1) is 0 Å². The third-order valence-electron chi connectivity index (χ3n) is 1.38. The second kappa shape index (κ2) is 8.63. The summed E-state index contributed by atoms with van der Waals surface area (Å²) < 4.78 is 8.48. The molecular weight excluding hydrogens is 240 g/mol. The molecule has 0 heterocycles. The maximum Gasteiger partial charge on any atom is 0.338 e. The minimum absolute atomic E-state index is 0.121. The van der Waals surface area contributed by atoms with Crippen LogP contribution in [0.3, 0.4) is 0 Å². The van der Waals surface area contributed by atoms with Crippen LogP contribution in [0.15, 0.2) is 37.0 Å². The monoisotopic (exact) mass is 252 g/mol. The van der Waals surface area contributed by atoms with E-state index in [4.69, 9.17) is 0 Å². The molecule has 0 rings (SSSR count). The molecule has 0 aromatic heterocycles. The lowest BCUT2D eigenvalue weighted by atomic mass is 10.4. The highest BCUT2D eigenvalue weighted by Gasteiger charge is 2.07. The summed E-state index contributed by atoms with van der Waals surface area (Å²) in [6.45, 7) is 4.86. The minimum Gasteiger partial charge on any atom is -0.390 e. The van der Waals surface area contributed by atoms with Crippen molar-refractivity contribution < 1.29 is 28.7 Å². The van der Waals surface area contributed by atoms with Crippen molar-refractivity contribution in [2.75, 3.05) is 0 Å². The molecule has 0 saturated heterocycles. The molecule has 0 radical (unpaired) electrons. The number of rotatable bonds is 5. The van der Waals surface area contributed by atoms with Crippen LogP contribution in [0.25, 0.3) is 0 Å². The largest absolute Gasteiger partial charge is 0.390 e. The van der Waals surface area contributed by atoms with E-state index in [9.17, 15) is 19.2 Å². The van der Waals surface area contributed by atoms with E-state index in [1.54, 1.807) is 6.92 Å². The average Bonchev–Trinajstić information content (AvgIpc) is 2.27. The summed E-state index contributed by atoms with van der Waals surface area (Å²) in [5.41, 5.74) is 0. The van der Waals surface area contributed by atoms with Crippen molar-refractivity contribution in [3.63, 3.8) is 0 Å². The first kappa shape index (κ1) is 15.5. The van der Waals surface area contributed by atoms with Crippen LogP contribution < -0.4 is 0 Å². The molecule has 6 nitrogen and oxygen atoms in total. The molecule has 0 aliphatic heterocycles. The summed E-state index contributed by atoms with van der Waals surface area (Å²) in [6, 6.07) is 0. The first-order valence-electron chi connectivity index (χ1n) is 4.91. The van der Waals surface area contributed by atoms with Gasteiger partial charge in [-0.15, -0.1) is 6.58 Å². The van der Waals surface area contributed by atoms with E-state index in [2.05, 4.69) is 16.1 Å². The van der Waals surface area contributed by atoms with Crippen molar-refractivity contribution in [3.05, 3.63) is 37.0 Å². The van der Waals surface area contributed by atoms with Crippen molar-refractivity contribution in [2.45, 2.75) is 13.3 Å². The maximum atomic E-state index is 11.0. The molecule has 0 N–H and O–H groups in total. The fourth-order valence-electron chi connectivity index (χ4n) is 0.745. The third kappa shape index (κ3) is 7.75. The van der Waals surface area contributed by atoms with E-state index in [1.165, 1.54) is 12.2 Å². The van der Waals surface area contributed by atoms with Gasteiger partial charge in [0.15, 0.2) is 0 Å². The molecule has 18 heavy (non-hydrogen) atoms. The highest BCUT2D eigenvalue weighted by molar-refractivity contribution is 6.00. The molecular formula is C12H12O6. The summed E-state index contributed by atoms with van der Waals surface area (Å²) in [7, 11) is 0. The average molecular weight is 252 g/mol. The summed E-state index contributed by atoms with van der Waals surface area (Å²) in [5, 5.41) is 0. The van der Waals surface area contributed by atoms with Crippen molar-refractivity contribution >= 4 is 23.9 Å². The van der Waals surface area contributed by atoms with Crippen molar-refractivity contribution in [3.8, 4) is 0 Å². The van der Waals surface area contributed by atoms with Gasteiger partial charge in [-0.3, -0.25) is 4.79 Å². The summed E-state index contributed by atoms with van der Waals surface area (Å²) >= 11 is 0. The van der Waals surface area contributed by atoms with Gasteiger partial charge in [0, 0.05) is 18.2 Å². The number of allylic oxidation sites excluding steroid dienone is 1. The summed E-state index contributed by atoms with van der Waals surface area (Å²) in [5.74, 6) is -3.72. The molecule has 0 spiro atoms. The number of hydrogen-bond donors (Lipinski definition) is 0. The quantitative estimate of drug-likeness (QED) is 0.312. The molecule has 0 amide bonds. The fraction of sp³-hybridized carbons (Fsp3) is 0.167. The Bertz CT molecular complexity index is 416. The van der Waals surface area contributed by atoms with Crippen LogP contribution in [-0.4, -0.2) is 23.9 Å². The predicted molar refractivity (Wildman–Crippen MR) is 61.0 cm³/mol. The Morgan fingerprint density at radius 2 is 1.44 bits per heavy atom. The van der Waals surface area contributed by atoms with Gasteiger partial charge < -0.3 is 9.47 Å². The van der Waals surface area contributed by atoms with E-state index in [0.29, 0.717) is 12.2 Å². The van der Waals surface area contributed by atoms with Gasteiger partial charge in [-0.05, 0) is 6.92 Å². The van der Waals surface area contributed by atoms with Crippen LogP contribution in [0.1, 0.15) is 13.3 Å². The standard InChI is InChI=1S/C12H12O6/c1-3-5-9(13)17-11(15)7-8-12(16)18-10(14)6-4-2/h3-4,6-8H,1,5H2,2H3. The molecule has 0 unspecified atom stereocenters. The number of carbonyl (C=O) groups excluding carboxylic acids is 4. The Labute approximate surface area is 104 Å². The molecule has 6 heteroatoms. The smallest absolute Gasteiger partial charge is 0.338 e. The first-order chi connectivity index (χ1) is 8.49. The summed E-state index contributed by atoms with van der Waals surface area (Å²) in [4.78, 5) is 43.6. The lowest BCUT2D eigenvalue weighted by Crippen LogP contribution is -2.11. The van der Waals surface area contributed by atoms with E-state index < -0.39 is 23.9 Å². The highest BCUT2D eigenvalue weighted by atomic mass is 16.6. The van der Waals surface area contributed by atoms with E-state index in [1.807, 2.05) is 0 Å². The lowest BCUT2D eigenvalue weighted by molar-refractivity contribution is -0.157. The highest BCUT2D eigenvalue weighted by Crippen LogP contribution is 1.91. The predicted octanol–water partition coefficient (Wildman–Crippen LogP) is 0.834. The zero-order valence-electron chi connectivity index (χ0n) is 9.75. The Balaban J connectivity index is 4.18. The van der Waals surface area contributed by atoms with Crippen LogP contribution in [-0.2, 0) is 28.7 Å². The lowest BCUT2D eigenvalue weighted by Gasteiger charge is -1.96. The number of esters is 4. The van der Waals surface area contributed by atoms with Crippen molar-refractivity contribution in [1.82, 2.24) is 0 Å². The Hall–Kier alpha value is -2.50. The minimum atomic E-state index is -1.04.